The van der Waals surface area contributed by atoms with Crippen molar-refractivity contribution in [3.05, 3.63) is 23.8 Å². The third kappa shape index (κ3) is 2.04. The van der Waals surface area contributed by atoms with E-state index in [0.717, 1.165) is 0 Å². The highest BCUT2D eigenvalue weighted by Gasteiger charge is 2.29. The standard InChI is InChI=1S/C9H10N2O3S.ClH/c10-4-6-2-1-3-7-9(6)11-8(12)5-15(7,13)14;/h1-3H,4-5,10H2,(H,11,12);1H. The number of para-hydroxylation sites is 1. The van der Waals surface area contributed by atoms with Crippen LogP contribution in [0.5, 0.6) is 0 Å². The van der Waals surface area contributed by atoms with E-state index in [1.54, 1.807) is 12.1 Å². The van der Waals surface area contributed by atoms with E-state index in [0.29, 0.717) is 11.3 Å². The van der Waals surface area contributed by atoms with Crippen molar-refractivity contribution in [1.29, 1.82) is 0 Å². The van der Waals surface area contributed by atoms with E-state index >= 15 is 0 Å². The Balaban J connectivity index is 0.00000128. The highest BCUT2D eigenvalue weighted by Crippen LogP contribution is 2.29. The molecule has 1 heterocycles. The van der Waals surface area contributed by atoms with Crippen LogP contribution in [0, 0.1) is 0 Å². The smallest absolute Gasteiger partial charge is 0.240 e. The molecule has 0 saturated carbocycles. The second-order valence-corrected chi connectivity index (χ2v) is 5.26. The van der Waals surface area contributed by atoms with Crippen molar-refractivity contribution >= 4 is 33.8 Å². The molecule has 5 nitrogen and oxygen atoms in total. The van der Waals surface area contributed by atoms with E-state index in [4.69, 9.17) is 5.73 Å². The van der Waals surface area contributed by atoms with Gasteiger partial charge in [0.2, 0.25) is 5.91 Å². The number of nitrogens with one attached hydrogen (secondary N) is 1. The monoisotopic (exact) mass is 262 g/mol. The molecule has 0 radical (unpaired) electrons. The summed E-state index contributed by atoms with van der Waals surface area (Å²) in [5.41, 5.74) is 6.42. The SMILES string of the molecule is Cl.NCc1cccc2c1NC(=O)CS2(=O)=O. The number of halogens is 1. The number of carbonyl (C=O) groups excluding carboxylic acids is 1. The first-order chi connectivity index (χ1) is 7.04. The molecule has 0 aliphatic carbocycles. The molecular weight excluding hydrogens is 252 g/mol. The molecule has 16 heavy (non-hydrogen) atoms. The summed E-state index contributed by atoms with van der Waals surface area (Å²) in [7, 11) is -3.49. The lowest BCUT2D eigenvalue weighted by atomic mass is 10.1. The largest absolute Gasteiger partial charge is 0.326 e. The minimum atomic E-state index is -3.49. The van der Waals surface area contributed by atoms with E-state index in [2.05, 4.69) is 5.32 Å². The van der Waals surface area contributed by atoms with Crippen LogP contribution in [0.2, 0.25) is 0 Å². The van der Waals surface area contributed by atoms with Gasteiger partial charge in [-0.15, -0.1) is 12.4 Å². The van der Waals surface area contributed by atoms with Crippen LogP contribution in [0.4, 0.5) is 5.69 Å². The predicted octanol–water partition coefficient (Wildman–Crippen LogP) is 0.293. The fourth-order valence-electron chi connectivity index (χ4n) is 1.57. The van der Waals surface area contributed by atoms with Gasteiger partial charge in [-0.2, -0.15) is 0 Å². The molecule has 0 saturated heterocycles. The first kappa shape index (κ1) is 13.0. The van der Waals surface area contributed by atoms with Crippen molar-refractivity contribution in [2.75, 3.05) is 11.1 Å². The lowest BCUT2D eigenvalue weighted by Crippen LogP contribution is -2.30. The van der Waals surface area contributed by atoms with Gasteiger partial charge in [0.05, 0.1) is 10.6 Å². The van der Waals surface area contributed by atoms with Crippen molar-refractivity contribution in [2.45, 2.75) is 11.4 Å². The Morgan fingerprint density at radius 3 is 2.69 bits per heavy atom. The summed E-state index contributed by atoms with van der Waals surface area (Å²) in [6.45, 7) is 0.193. The lowest BCUT2D eigenvalue weighted by molar-refractivity contribution is -0.114. The predicted molar refractivity (Wildman–Crippen MR) is 62.3 cm³/mol. The number of benzene rings is 1. The Kier molecular flexibility index (Phi) is 3.57. The number of rotatable bonds is 1. The average molecular weight is 263 g/mol. The molecule has 1 amide bonds. The maximum Gasteiger partial charge on any atom is 0.240 e. The maximum absolute atomic E-state index is 11.6. The second kappa shape index (κ2) is 4.40. The van der Waals surface area contributed by atoms with Crippen LogP contribution < -0.4 is 11.1 Å². The molecule has 0 atom stereocenters. The molecule has 1 aliphatic rings. The average Bonchev–Trinajstić information content (AvgIpc) is 2.15. The normalized spacial score (nSPS) is 16.9. The highest BCUT2D eigenvalue weighted by molar-refractivity contribution is 7.92. The van der Waals surface area contributed by atoms with Gasteiger partial charge in [0, 0.05) is 6.54 Å². The minimum absolute atomic E-state index is 0. The summed E-state index contributed by atoms with van der Waals surface area (Å²) < 4.78 is 23.3. The van der Waals surface area contributed by atoms with E-state index in [-0.39, 0.29) is 23.8 Å². The number of hydrogen-bond acceptors (Lipinski definition) is 4. The molecule has 1 aromatic carbocycles. The van der Waals surface area contributed by atoms with Crippen LogP contribution in [0.3, 0.4) is 0 Å². The van der Waals surface area contributed by atoms with Gasteiger partial charge in [-0.3, -0.25) is 4.79 Å². The molecule has 1 aromatic rings. The molecule has 1 aliphatic heterocycles. The van der Waals surface area contributed by atoms with E-state index < -0.39 is 21.5 Å². The van der Waals surface area contributed by atoms with E-state index in [9.17, 15) is 13.2 Å². The minimum Gasteiger partial charge on any atom is -0.326 e. The number of amides is 1. The number of carbonyl (C=O) groups is 1. The number of sulfone groups is 1. The molecule has 0 bridgehead atoms. The molecule has 0 aromatic heterocycles. The van der Waals surface area contributed by atoms with Crippen molar-refractivity contribution in [1.82, 2.24) is 0 Å². The molecule has 2 rings (SSSR count). The summed E-state index contributed by atoms with van der Waals surface area (Å²) in [5.74, 6) is -1.00. The van der Waals surface area contributed by atoms with Crippen LogP contribution in [0.25, 0.3) is 0 Å². The Labute approximate surface area is 99.4 Å². The summed E-state index contributed by atoms with van der Waals surface area (Å²) in [6, 6.07) is 4.79. The Hall–Kier alpha value is -1.11. The Bertz CT molecular complexity index is 528. The topological polar surface area (TPSA) is 89.3 Å². The number of fused-ring (bicyclic) bond motifs is 1. The van der Waals surface area contributed by atoms with E-state index in [1.165, 1.54) is 6.07 Å². The Morgan fingerprint density at radius 1 is 1.38 bits per heavy atom. The molecule has 0 unspecified atom stereocenters. The van der Waals surface area contributed by atoms with Crippen LogP contribution >= 0.6 is 12.4 Å². The first-order valence-corrected chi connectivity index (χ1v) is 6.04. The van der Waals surface area contributed by atoms with Gasteiger partial charge in [-0.1, -0.05) is 12.1 Å². The first-order valence-electron chi connectivity index (χ1n) is 4.39. The summed E-state index contributed by atoms with van der Waals surface area (Å²) in [4.78, 5) is 11.3. The van der Waals surface area contributed by atoms with E-state index in [1.807, 2.05) is 0 Å². The van der Waals surface area contributed by atoms with Gasteiger partial charge in [-0.05, 0) is 11.6 Å². The zero-order valence-corrected chi connectivity index (χ0v) is 9.90. The summed E-state index contributed by atoms with van der Waals surface area (Å²) >= 11 is 0. The van der Waals surface area contributed by atoms with Gasteiger partial charge >= 0.3 is 0 Å². The van der Waals surface area contributed by atoms with Crippen LogP contribution in [0.15, 0.2) is 23.1 Å². The van der Waals surface area contributed by atoms with Crippen LogP contribution in [-0.4, -0.2) is 20.1 Å². The highest BCUT2D eigenvalue weighted by atomic mass is 35.5. The van der Waals surface area contributed by atoms with Crippen LogP contribution in [0.1, 0.15) is 5.56 Å². The lowest BCUT2D eigenvalue weighted by Gasteiger charge is -2.19. The third-order valence-electron chi connectivity index (χ3n) is 2.25. The number of nitrogens with two attached hydrogens (primary N) is 1. The van der Waals surface area contributed by atoms with Gasteiger partial charge in [0.25, 0.3) is 0 Å². The molecule has 0 spiro atoms. The van der Waals surface area contributed by atoms with Crippen molar-refractivity contribution < 1.29 is 13.2 Å². The van der Waals surface area contributed by atoms with Gasteiger partial charge in [0.15, 0.2) is 9.84 Å². The zero-order chi connectivity index (χ0) is 11.1. The second-order valence-electron chi connectivity index (χ2n) is 3.30. The third-order valence-corrected chi connectivity index (χ3v) is 3.91. The van der Waals surface area contributed by atoms with Gasteiger partial charge < -0.3 is 11.1 Å². The summed E-state index contributed by atoms with van der Waals surface area (Å²) in [6.07, 6.45) is 0. The van der Waals surface area contributed by atoms with Gasteiger partial charge in [0.1, 0.15) is 5.75 Å². The Morgan fingerprint density at radius 2 is 2.06 bits per heavy atom. The van der Waals surface area contributed by atoms with Crippen molar-refractivity contribution in [3.8, 4) is 0 Å². The maximum atomic E-state index is 11.6. The molecule has 3 N–H and O–H groups in total. The van der Waals surface area contributed by atoms with Crippen molar-refractivity contribution in [3.63, 3.8) is 0 Å². The molecule has 7 heteroatoms. The molecule has 0 fully saturated rings. The fraction of sp³-hybridized carbons (Fsp3) is 0.222. The van der Waals surface area contributed by atoms with Crippen molar-refractivity contribution in [2.24, 2.45) is 5.73 Å². The molecular formula is C9H11ClN2O3S. The molecule has 88 valence electrons. The number of anilines is 1. The zero-order valence-electron chi connectivity index (χ0n) is 8.26. The fourth-order valence-corrected chi connectivity index (χ4v) is 2.93. The van der Waals surface area contributed by atoms with Crippen LogP contribution in [-0.2, 0) is 21.2 Å². The summed E-state index contributed by atoms with van der Waals surface area (Å²) in [5, 5.41) is 2.54. The van der Waals surface area contributed by atoms with Gasteiger partial charge in [-0.25, -0.2) is 8.42 Å². The quantitative estimate of drug-likeness (QED) is 0.761. The number of hydrogen-bond donors (Lipinski definition) is 2.